The van der Waals surface area contributed by atoms with Crippen LogP contribution in [0.3, 0.4) is 0 Å². The van der Waals surface area contributed by atoms with Gasteiger partial charge in [-0.3, -0.25) is 4.79 Å². The van der Waals surface area contributed by atoms with Crippen LogP contribution in [0.2, 0.25) is 0 Å². The highest BCUT2D eigenvalue weighted by atomic mass is 35.5. The Kier molecular flexibility index (Phi) is 4.81. The highest BCUT2D eigenvalue weighted by Gasteiger charge is 2.27. The van der Waals surface area contributed by atoms with Crippen LogP contribution in [-0.4, -0.2) is 31.3 Å². The van der Waals surface area contributed by atoms with E-state index in [0.29, 0.717) is 24.5 Å². The molecule has 0 aromatic heterocycles. The first-order valence-electron chi connectivity index (χ1n) is 5.36. The maximum absolute atomic E-state index is 11.0. The van der Waals surface area contributed by atoms with E-state index in [1.165, 1.54) is 0 Å². The molecule has 1 aromatic rings. The van der Waals surface area contributed by atoms with Gasteiger partial charge >= 0.3 is 5.97 Å². The van der Waals surface area contributed by atoms with E-state index in [4.69, 9.17) is 14.6 Å². The summed E-state index contributed by atoms with van der Waals surface area (Å²) < 4.78 is 10.5. The number of ether oxygens (including phenoxy) is 2. The summed E-state index contributed by atoms with van der Waals surface area (Å²) in [5.41, 5.74) is 1.97. The van der Waals surface area contributed by atoms with Gasteiger partial charge in [0.15, 0.2) is 11.5 Å². The number of hydrogen-bond donors (Lipinski definition) is 2. The first kappa shape index (κ1) is 14.6. The molecule has 0 fully saturated rings. The van der Waals surface area contributed by atoms with Gasteiger partial charge in [-0.05, 0) is 11.6 Å². The van der Waals surface area contributed by atoms with Gasteiger partial charge in [-0.15, -0.1) is 12.4 Å². The minimum atomic E-state index is -0.847. The molecule has 2 N–H and O–H groups in total. The van der Waals surface area contributed by atoms with Crippen LogP contribution < -0.4 is 14.8 Å². The monoisotopic (exact) mass is 273 g/mol. The second kappa shape index (κ2) is 5.93. The second-order valence-corrected chi connectivity index (χ2v) is 3.91. The number of aliphatic carboxylic acids is 1. The largest absolute Gasteiger partial charge is 0.493 e. The van der Waals surface area contributed by atoms with Crippen molar-refractivity contribution in [2.45, 2.75) is 19.0 Å². The number of methoxy groups -OCH3 is 2. The van der Waals surface area contributed by atoms with Crippen LogP contribution >= 0.6 is 12.4 Å². The van der Waals surface area contributed by atoms with E-state index in [1.807, 2.05) is 12.1 Å². The number of carboxylic acids is 1. The summed E-state index contributed by atoms with van der Waals surface area (Å²) in [5.74, 6) is 0.426. The molecule has 0 amide bonds. The maximum atomic E-state index is 11.0. The second-order valence-electron chi connectivity index (χ2n) is 3.91. The van der Waals surface area contributed by atoms with E-state index in [9.17, 15) is 4.79 Å². The fraction of sp³-hybridized carbons (Fsp3) is 0.417. The summed E-state index contributed by atoms with van der Waals surface area (Å²) in [6, 6.07) is 3.20. The van der Waals surface area contributed by atoms with E-state index in [0.717, 1.165) is 11.1 Å². The number of benzene rings is 1. The van der Waals surface area contributed by atoms with E-state index in [1.54, 1.807) is 14.2 Å². The molecule has 0 aliphatic carbocycles. The topological polar surface area (TPSA) is 67.8 Å². The van der Waals surface area contributed by atoms with Crippen molar-refractivity contribution in [3.63, 3.8) is 0 Å². The Balaban J connectivity index is 0.00000162. The molecule has 0 radical (unpaired) electrons. The first-order chi connectivity index (χ1) is 8.17. The summed E-state index contributed by atoms with van der Waals surface area (Å²) >= 11 is 0. The molecule has 100 valence electrons. The zero-order valence-corrected chi connectivity index (χ0v) is 11.0. The summed E-state index contributed by atoms with van der Waals surface area (Å²) in [7, 11) is 3.13. The highest BCUT2D eigenvalue weighted by molar-refractivity contribution is 5.85. The third-order valence-electron chi connectivity index (χ3n) is 2.99. The smallest absolute Gasteiger partial charge is 0.321 e. The molecule has 5 nitrogen and oxygen atoms in total. The number of carboxylic acid groups (broad SMARTS) is 1. The quantitative estimate of drug-likeness (QED) is 0.867. The van der Waals surface area contributed by atoms with Crippen LogP contribution in [0.25, 0.3) is 0 Å². The average molecular weight is 274 g/mol. The van der Waals surface area contributed by atoms with Gasteiger partial charge in [0.2, 0.25) is 0 Å². The Hall–Kier alpha value is -1.46. The minimum Gasteiger partial charge on any atom is -0.493 e. The van der Waals surface area contributed by atoms with Crippen LogP contribution in [0.5, 0.6) is 11.5 Å². The molecule has 1 unspecified atom stereocenters. The molecule has 1 heterocycles. The lowest BCUT2D eigenvalue weighted by atomic mass is 9.94. The van der Waals surface area contributed by atoms with Crippen LogP contribution in [0.15, 0.2) is 12.1 Å². The third-order valence-corrected chi connectivity index (χ3v) is 2.99. The third kappa shape index (κ3) is 2.52. The van der Waals surface area contributed by atoms with Gasteiger partial charge in [0.1, 0.15) is 6.04 Å². The number of halogens is 1. The van der Waals surface area contributed by atoms with Gasteiger partial charge in [0, 0.05) is 18.5 Å². The van der Waals surface area contributed by atoms with Gasteiger partial charge in [-0.1, -0.05) is 6.07 Å². The first-order valence-corrected chi connectivity index (χ1v) is 5.36. The van der Waals surface area contributed by atoms with E-state index in [2.05, 4.69) is 5.32 Å². The molecule has 1 atom stereocenters. The Morgan fingerprint density at radius 3 is 2.67 bits per heavy atom. The zero-order chi connectivity index (χ0) is 12.4. The standard InChI is InChI=1S/C12H15NO4.ClH/c1-16-10-4-3-7-6-13-9(12(14)15)5-8(7)11(10)17-2;/h3-4,9,13H,5-6H2,1-2H3,(H,14,15);1H. The fourth-order valence-electron chi connectivity index (χ4n) is 2.11. The molecule has 6 heteroatoms. The molecule has 0 saturated heterocycles. The van der Waals surface area contributed by atoms with Crippen LogP contribution in [0, 0.1) is 0 Å². The van der Waals surface area contributed by atoms with Gasteiger partial charge in [-0.2, -0.15) is 0 Å². The Bertz CT molecular complexity index is 450. The molecule has 0 bridgehead atoms. The minimum absolute atomic E-state index is 0. The van der Waals surface area contributed by atoms with Gasteiger partial charge in [-0.25, -0.2) is 0 Å². The Morgan fingerprint density at radius 2 is 2.11 bits per heavy atom. The van der Waals surface area contributed by atoms with Crippen LogP contribution in [0.4, 0.5) is 0 Å². The SMILES string of the molecule is COc1ccc2c(c1OC)CC(C(=O)O)NC2.Cl. The van der Waals surface area contributed by atoms with Gasteiger partial charge in [0.05, 0.1) is 14.2 Å². The number of fused-ring (bicyclic) bond motifs is 1. The lowest BCUT2D eigenvalue weighted by Crippen LogP contribution is -2.41. The number of nitrogens with one attached hydrogen (secondary N) is 1. The molecule has 0 spiro atoms. The van der Waals surface area contributed by atoms with Crippen molar-refractivity contribution in [3.8, 4) is 11.5 Å². The average Bonchev–Trinajstić information content (AvgIpc) is 2.36. The molecular formula is C12H16ClNO4. The van der Waals surface area contributed by atoms with Crippen molar-refractivity contribution in [1.29, 1.82) is 0 Å². The predicted octanol–water partition coefficient (Wildman–Crippen LogP) is 1.22. The van der Waals surface area contributed by atoms with E-state index < -0.39 is 12.0 Å². The van der Waals surface area contributed by atoms with Gasteiger partial charge in [0.25, 0.3) is 0 Å². The van der Waals surface area contributed by atoms with Crippen molar-refractivity contribution in [2.75, 3.05) is 14.2 Å². The Labute approximate surface area is 112 Å². The molecule has 0 saturated carbocycles. The summed E-state index contributed by atoms with van der Waals surface area (Å²) in [4.78, 5) is 11.0. The van der Waals surface area contributed by atoms with E-state index in [-0.39, 0.29) is 12.4 Å². The summed E-state index contributed by atoms with van der Waals surface area (Å²) in [5, 5.41) is 12.0. The maximum Gasteiger partial charge on any atom is 0.321 e. The zero-order valence-electron chi connectivity index (χ0n) is 10.2. The van der Waals surface area contributed by atoms with Crippen molar-refractivity contribution < 1.29 is 19.4 Å². The fourth-order valence-corrected chi connectivity index (χ4v) is 2.11. The molecule has 2 rings (SSSR count). The van der Waals surface area contributed by atoms with Crippen molar-refractivity contribution in [1.82, 2.24) is 5.32 Å². The van der Waals surface area contributed by atoms with Crippen molar-refractivity contribution in [2.24, 2.45) is 0 Å². The van der Waals surface area contributed by atoms with Gasteiger partial charge < -0.3 is 19.9 Å². The molecule has 1 aliphatic heterocycles. The van der Waals surface area contributed by atoms with Crippen molar-refractivity contribution >= 4 is 18.4 Å². The summed E-state index contributed by atoms with van der Waals surface area (Å²) in [6.45, 7) is 0.534. The molecule has 1 aromatic carbocycles. The molecule has 18 heavy (non-hydrogen) atoms. The predicted molar refractivity (Wildman–Crippen MR) is 68.8 cm³/mol. The lowest BCUT2D eigenvalue weighted by Gasteiger charge is -2.25. The lowest BCUT2D eigenvalue weighted by molar-refractivity contribution is -0.139. The number of hydrogen-bond acceptors (Lipinski definition) is 4. The Morgan fingerprint density at radius 1 is 1.39 bits per heavy atom. The molecular weight excluding hydrogens is 258 g/mol. The van der Waals surface area contributed by atoms with Crippen molar-refractivity contribution in [3.05, 3.63) is 23.3 Å². The normalized spacial score (nSPS) is 17.3. The number of rotatable bonds is 3. The number of carbonyl (C=O) groups is 1. The molecule has 1 aliphatic rings. The summed E-state index contributed by atoms with van der Waals surface area (Å²) in [6.07, 6.45) is 0.408. The van der Waals surface area contributed by atoms with Crippen LogP contribution in [0.1, 0.15) is 11.1 Å². The van der Waals surface area contributed by atoms with E-state index >= 15 is 0 Å². The van der Waals surface area contributed by atoms with Crippen LogP contribution in [-0.2, 0) is 17.8 Å². The highest BCUT2D eigenvalue weighted by Crippen LogP contribution is 2.35.